The van der Waals surface area contributed by atoms with Crippen LogP contribution in [0.4, 0.5) is 4.79 Å². The van der Waals surface area contributed by atoms with Gasteiger partial charge in [-0.15, -0.1) is 0 Å². The molecule has 0 aliphatic carbocycles. The van der Waals surface area contributed by atoms with Crippen LogP contribution in [0.1, 0.15) is 20.8 Å². The molecule has 0 bridgehead atoms. The summed E-state index contributed by atoms with van der Waals surface area (Å²) in [5.74, 6) is 0. The van der Waals surface area contributed by atoms with Crippen LogP contribution in [0.3, 0.4) is 0 Å². The number of aliphatic hydroxyl groups excluding tert-OH is 1. The second-order valence-corrected chi connectivity index (χ2v) is 3.43. The zero-order valence-corrected chi connectivity index (χ0v) is 7.89. The van der Waals surface area contributed by atoms with Gasteiger partial charge in [-0.05, 0) is 6.92 Å². The number of alkyl carbamates (subject to hydrolysis) is 1. The molecule has 1 amide bonds. The lowest BCUT2D eigenvalue weighted by molar-refractivity contribution is 0.0613. The molecule has 0 aromatic carbocycles. The van der Waals surface area contributed by atoms with Crippen molar-refractivity contribution in [3.8, 4) is 0 Å². The molecule has 2 N–H and O–H groups in total. The van der Waals surface area contributed by atoms with Gasteiger partial charge < -0.3 is 15.2 Å². The Labute approximate surface area is 72.9 Å². The SMILES string of the molecule is CCNC(=O)OCC(C)(C)CO. The lowest BCUT2D eigenvalue weighted by atomic mass is 9.97. The van der Waals surface area contributed by atoms with Gasteiger partial charge in [-0.25, -0.2) is 4.79 Å². The largest absolute Gasteiger partial charge is 0.449 e. The Morgan fingerprint density at radius 2 is 2.17 bits per heavy atom. The van der Waals surface area contributed by atoms with E-state index in [9.17, 15) is 4.79 Å². The maximum absolute atomic E-state index is 10.8. The maximum Gasteiger partial charge on any atom is 0.407 e. The first-order valence-corrected chi connectivity index (χ1v) is 4.03. The van der Waals surface area contributed by atoms with Crippen molar-refractivity contribution in [3.05, 3.63) is 0 Å². The summed E-state index contributed by atoms with van der Waals surface area (Å²) in [6.45, 7) is 6.26. The average Bonchev–Trinajstić information content (AvgIpc) is 2.02. The minimum absolute atomic E-state index is 0.00635. The summed E-state index contributed by atoms with van der Waals surface area (Å²) in [5, 5.41) is 11.3. The van der Waals surface area contributed by atoms with Gasteiger partial charge in [-0.2, -0.15) is 0 Å². The first kappa shape index (κ1) is 11.2. The van der Waals surface area contributed by atoms with Crippen molar-refractivity contribution in [2.24, 2.45) is 5.41 Å². The normalized spacial score (nSPS) is 11.0. The molecule has 72 valence electrons. The van der Waals surface area contributed by atoms with Crippen LogP contribution in [0.15, 0.2) is 0 Å². The molecular formula is C8H17NO3. The third kappa shape index (κ3) is 4.96. The fourth-order valence-electron chi connectivity index (χ4n) is 0.502. The zero-order valence-electron chi connectivity index (χ0n) is 7.89. The topological polar surface area (TPSA) is 58.6 Å². The molecule has 0 aliphatic heterocycles. The van der Waals surface area contributed by atoms with Gasteiger partial charge in [0.1, 0.15) is 6.61 Å². The third-order valence-corrected chi connectivity index (χ3v) is 1.34. The quantitative estimate of drug-likeness (QED) is 0.663. The fourth-order valence-corrected chi connectivity index (χ4v) is 0.502. The third-order valence-electron chi connectivity index (χ3n) is 1.34. The summed E-state index contributed by atoms with van der Waals surface area (Å²) < 4.78 is 4.83. The van der Waals surface area contributed by atoms with E-state index in [0.29, 0.717) is 6.54 Å². The molecule has 0 radical (unpaired) electrons. The molecule has 4 nitrogen and oxygen atoms in total. The summed E-state index contributed by atoms with van der Waals surface area (Å²) >= 11 is 0. The molecule has 12 heavy (non-hydrogen) atoms. The maximum atomic E-state index is 10.8. The summed E-state index contributed by atoms with van der Waals surface area (Å²) in [7, 11) is 0. The Morgan fingerprint density at radius 1 is 1.58 bits per heavy atom. The van der Waals surface area contributed by atoms with Crippen LogP contribution in [0.5, 0.6) is 0 Å². The van der Waals surface area contributed by atoms with Gasteiger partial charge in [0.05, 0.1) is 6.61 Å². The summed E-state index contributed by atoms with van der Waals surface area (Å²) in [5.41, 5.74) is -0.356. The van der Waals surface area contributed by atoms with Crippen LogP contribution in [0, 0.1) is 5.41 Å². The monoisotopic (exact) mass is 175 g/mol. The standard InChI is InChI=1S/C8H17NO3/c1-4-9-7(11)12-6-8(2,3)5-10/h10H,4-6H2,1-3H3,(H,9,11). The van der Waals surface area contributed by atoms with E-state index >= 15 is 0 Å². The smallest absolute Gasteiger partial charge is 0.407 e. The number of ether oxygens (including phenoxy) is 1. The number of carbonyl (C=O) groups is 1. The van der Waals surface area contributed by atoms with E-state index in [-0.39, 0.29) is 18.6 Å². The molecule has 4 heteroatoms. The number of carbonyl (C=O) groups excluding carboxylic acids is 1. The molecule has 0 unspecified atom stereocenters. The molecule has 0 rings (SSSR count). The highest BCUT2D eigenvalue weighted by atomic mass is 16.5. The molecule has 0 aliphatic rings. The zero-order chi connectivity index (χ0) is 9.61. The van der Waals surface area contributed by atoms with E-state index in [1.165, 1.54) is 0 Å². The van der Waals surface area contributed by atoms with Crippen molar-refractivity contribution in [1.29, 1.82) is 0 Å². The van der Waals surface area contributed by atoms with Crippen molar-refractivity contribution in [2.75, 3.05) is 19.8 Å². The second kappa shape index (κ2) is 4.98. The van der Waals surface area contributed by atoms with Crippen LogP contribution in [0.2, 0.25) is 0 Å². The number of hydrogen-bond donors (Lipinski definition) is 2. The van der Waals surface area contributed by atoms with Crippen LogP contribution < -0.4 is 5.32 Å². The number of hydrogen-bond acceptors (Lipinski definition) is 3. The van der Waals surface area contributed by atoms with Crippen molar-refractivity contribution >= 4 is 6.09 Å². The lowest BCUT2D eigenvalue weighted by Gasteiger charge is -2.20. The molecule has 0 fully saturated rings. The van der Waals surface area contributed by atoms with E-state index in [1.807, 2.05) is 20.8 Å². The molecule has 0 saturated heterocycles. The van der Waals surface area contributed by atoms with Gasteiger partial charge in [0.25, 0.3) is 0 Å². The molecular weight excluding hydrogens is 158 g/mol. The van der Waals surface area contributed by atoms with Crippen molar-refractivity contribution in [1.82, 2.24) is 5.32 Å². The second-order valence-electron chi connectivity index (χ2n) is 3.43. The molecule has 0 saturated carbocycles. The van der Waals surface area contributed by atoms with Crippen LogP contribution in [0.25, 0.3) is 0 Å². The first-order valence-electron chi connectivity index (χ1n) is 4.03. The first-order chi connectivity index (χ1) is 5.52. The molecule has 0 heterocycles. The highest BCUT2D eigenvalue weighted by Gasteiger charge is 2.18. The highest BCUT2D eigenvalue weighted by Crippen LogP contribution is 2.13. The van der Waals surface area contributed by atoms with E-state index in [1.54, 1.807) is 0 Å². The molecule has 0 aromatic rings. The van der Waals surface area contributed by atoms with Crippen LogP contribution in [-0.2, 0) is 4.74 Å². The Bertz CT molecular complexity index is 145. The summed E-state index contributed by atoms with van der Waals surface area (Å²) in [4.78, 5) is 10.8. The van der Waals surface area contributed by atoms with E-state index in [2.05, 4.69) is 5.32 Å². The van der Waals surface area contributed by atoms with Gasteiger partial charge in [0.15, 0.2) is 0 Å². The highest BCUT2D eigenvalue weighted by molar-refractivity contribution is 5.66. The predicted molar refractivity (Wildman–Crippen MR) is 45.9 cm³/mol. The Hall–Kier alpha value is -0.770. The fraction of sp³-hybridized carbons (Fsp3) is 0.875. The molecule has 0 atom stereocenters. The van der Waals surface area contributed by atoms with Crippen LogP contribution >= 0.6 is 0 Å². The van der Waals surface area contributed by atoms with Crippen molar-refractivity contribution in [2.45, 2.75) is 20.8 Å². The minimum atomic E-state index is -0.431. The van der Waals surface area contributed by atoms with Crippen molar-refractivity contribution < 1.29 is 14.6 Å². The summed E-state index contributed by atoms with van der Waals surface area (Å²) in [6, 6.07) is 0. The van der Waals surface area contributed by atoms with Gasteiger partial charge in [-0.3, -0.25) is 0 Å². The minimum Gasteiger partial charge on any atom is -0.449 e. The summed E-state index contributed by atoms with van der Waals surface area (Å²) in [6.07, 6.45) is -0.431. The Morgan fingerprint density at radius 3 is 2.58 bits per heavy atom. The van der Waals surface area contributed by atoms with Gasteiger partial charge in [0, 0.05) is 12.0 Å². The van der Waals surface area contributed by atoms with E-state index in [0.717, 1.165) is 0 Å². The average molecular weight is 175 g/mol. The van der Waals surface area contributed by atoms with Gasteiger partial charge in [-0.1, -0.05) is 13.8 Å². The number of rotatable bonds is 4. The van der Waals surface area contributed by atoms with Crippen LogP contribution in [-0.4, -0.2) is 31.0 Å². The Kier molecular flexibility index (Phi) is 4.66. The van der Waals surface area contributed by atoms with Gasteiger partial charge >= 0.3 is 6.09 Å². The predicted octanol–water partition coefficient (Wildman–Crippen LogP) is 0.751. The van der Waals surface area contributed by atoms with Gasteiger partial charge in [0.2, 0.25) is 0 Å². The lowest BCUT2D eigenvalue weighted by Crippen LogP contribution is -2.30. The van der Waals surface area contributed by atoms with E-state index in [4.69, 9.17) is 9.84 Å². The molecule has 0 spiro atoms. The Balaban J connectivity index is 3.60. The molecule has 0 aromatic heterocycles. The van der Waals surface area contributed by atoms with E-state index < -0.39 is 6.09 Å². The number of amides is 1. The number of aliphatic hydroxyl groups is 1. The number of nitrogens with one attached hydrogen (secondary N) is 1. The van der Waals surface area contributed by atoms with Crippen molar-refractivity contribution in [3.63, 3.8) is 0 Å².